The lowest BCUT2D eigenvalue weighted by atomic mass is 10.0. The molecule has 20 heavy (non-hydrogen) atoms. The second kappa shape index (κ2) is 4.44. The molecule has 0 amide bonds. The van der Waals surface area contributed by atoms with Gasteiger partial charge in [-0.2, -0.15) is 13.2 Å². The highest BCUT2D eigenvalue weighted by Crippen LogP contribution is 2.38. The lowest BCUT2D eigenvalue weighted by Crippen LogP contribution is -2.14. The molecule has 0 spiro atoms. The van der Waals surface area contributed by atoms with Gasteiger partial charge in [0.25, 0.3) is 0 Å². The number of fused-ring (bicyclic) bond motifs is 1. The molecule has 1 N–H and O–H groups in total. The van der Waals surface area contributed by atoms with E-state index >= 15 is 0 Å². The van der Waals surface area contributed by atoms with Gasteiger partial charge in [-0.05, 0) is 37.3 Å². The maximum Gasteiger partial charge on any atom is 0.420 e. The van der Waals surface area contributed by atoms with Crippen LogP contribution in [0.2, 0.25) is 0 Å². The molecule has 1 atom stereocenters. The van der Waals surface area contributed by atoms with Crippen molar-refractivity contribution in [1.29, 1.82) is 0 Å². The fourth-order valence-corrected chi connectivity index (χ4v) is 2.38. The topological polar surface area (TPSA) is 50.4 Å². The number of aliphatic hydroxyl groups is 1. The number of hydrogen-bond acceptors (Lipinski definition) is 3. The number of aromatic nitrogens is 3. The summed E-state index contributed by atoms with van der Waals surface area (Å²) in [7, 11) is 0. The zero-order valence-electron chi connectivity index (χ0n) is 10.9. The Hall–Kier alpha value is -1.63. The van der Waals surface area contributed by atoms with Gasteiger partial charge in [-0.1, -0.05) is 0 Å². The summed E-state index contributed by atoms with van der Waals surface area (Å²) >= 11 is 0. The normalized spacial score (nSPS) is 17.6. The minimum Gasteiger partial charge on any atom is -0.389 e. The van der Waals surface area contributed by atoms with Crippen molar-refractivity contribution in [3.63, 3.8) is 0 Å². The number of alkyl halides is 3. The molecular weight excluding hydrogens is 271 g/mol. The van der Waals surface area contributed by atoms with Crippen molar-refractivity contribution < 1.29 is 18.3 Å². The molecule has 0 radical (unpaired) electrons. The summed E-state index contributed by atoms with van der Waals surface area (Å²) in [6.07, 6.45) is -1.45. The summed E-state index contributed by atoms with van der Waals surface area (Å²) < 4.78 is 41.1. The van der Waals surface area contributed by atoms with E-state index in [0.717, 1.165) is 12.8 Å². The van der Waals surface area contributed by atoms with Crippen molar-refractivity contribution in [3.05, 3.63) is 29.2 Å². The van der Waals surface area contributed by atoms with Crippen molar-refractivity contribution in [2.45, 2.75) is 38.5 Å². The van der Waals surface area contributed by atoms with Gasteiger partial charge in [0.05, 0.1) is 6.10 Å². The summed E-state index contributed by atoms with van der Waals surface area (Å²) in [6.45, 7) is 1.31. The molecule has 1 aliphatic rings. The van der Waals surface area contributed by atoms with Crippen LogP contribution in [0.1, 0.15) is 42.8 Å². The van der Waals surface area contributed by atoms with E-state index in [2.05, 4.69) is 10.2 Å². The highest BCUT2D eigenvalue weighted by Gasteiger charge is 2.38. The SMILES string of the molecule is CC(O)c1ccn2c(CC3CC3)nnc2c1C(F)(F)F. The van der Waals surface area contributed by atoms with E-state index in [4.69, 9.17) is 0 Å². The first-order chi connectivity index (χ1) is 9.38. The van der Waals surface area contributed by atoms with Crippen LogP contribution in [0.3, 0.4) is 0 Å². The number of nitrogens with zero attached hydrogens (tertiary/aromatic N) is 3. The molecule has 1 saturated carbocycles. The number of aliphatic hydroxyl groups excluding tert-OH is 1. The van der Waals surface area contributed by atoms with E-state index in [1.54, 1.807) is 0 Å². The fourth-order valence-electron chi connectivity index (χ4n) is 2.38. The lowest BCUT2D eigenvalue weighted by Gasteiger charge is -2.15. The molecule has 1 fully saturated rings. The van der Waals surface area contributed by atoms with Crippen LogP contribution in [-0.2, 0) is 12.6 Å². The quantitative estimate of drug-likeness (QED) is 0.943. The van der Waals surface area contributed by atoms with E-state index in [-0.39, 0.29) is 11.2 Å². The Bertz CT molecular complexity index is 644. The summed E-state index contributed by atoms with van der Waals surface area (Å²) in [5.74, 6) is 1.05. The van der Waals surface area contributed by atoms with E-state index in [0.29, 0.717) is 18.2 Å². The molecule has 4 nitrogen and oxygen atoms in total. The first kappa shape index (κ1) is 13.4. The predicted molar refractivity (Wildman–Crippen MR) is 65.1 cm³/mol. The Morgan fingerprint density at radius 1 is 1.40 bits per heavy atom. The van der Waals surface area contributed by atoms with Crippen molar-refractivity contribution >= 4 is 5.65 Å². The third-order valence-electron chi connectivity index (χ3n) is 3.58. The highest BCUT2D eigenvalue weighted by molar-refractivity contribution is 5.54. The van der Waals surface area contributed by atoms with Crippen LogP contribution in [0, 0.1) is 5.92 Å². The molecule has 0 saturated heterocycles. The molecular formula is C13H14F3N3O. The van der Waals surface area contributed by atoms with Crippen LogP contribution in [0.4, 0.5) is 13.2 Å². The van der Waals surface area contributed by atoms with Crippen LogP contribution < -0.4 is 0 Å². The molecule has 3 rings (SSSR count). The minimum absolute atomic E-state index is 0.171. The Morgan fingerprint density at radius 3 is 2.65 bits per heavy atom. The second-order valence-electron chi connectivity index (χ2n) is 5.28. The minimum atomic E-state index is -4.57. The van der Waals surface area contributed by atoms with Gasteiger partial charge < -0.3 is 5.11 Å². The van der Waals surface area contributed by atoms with Crippen LogP contribution in [0.15, 0.2) is 12.3 Å². The molecule has 0 aromatic carbocycles. The smallest absolute Gasteiger partial charge is 0.389 e. The number of hydrogen-bond donors (Lipinski definition) is 1. The van der Waals surface area contributed by atoms with Gasteiger partial charge in [-0.3, -0.25) is 4.40 Å². The van der Waals surface area contributed by atoms with Gasteiger partial charge in [0.1, 0.15) is 11.4 Å². The summed E-state index contributed by atoms with van der Waals surface area (Å²) in [5, 5.41) is 17.1. The van der Waals surface area contributed by atoms with E-state index in [1.807, 2.05) is 0 Å². The van der Waals surface area contributed by atoms with Gasteiger partial charge in [0.2, 0.25) is 0 Å². The number of rotatable bonds is 3. The van der Waals surface area contributed by atoms with Crippen LogP contribution in [0.5, 0.6) is 0 Å². The Morgan fingerprint density at radius 2 is 2.10 bits per heavy atom. The van der Waals surface area contributed by atoms with Gasteiger partial charge >= 0.3 is 6.18 Å². The van der Waals surface area contributed by atoms with Crippen LogP contribution >= 0.6 is 0 Å². The molecule has 108 valence electrons. The van der Waals surface area contributed by atoms with Gasteiger partial charge in [0, 0.05) is 12.6 Å². The molecule has 0 bridgehead atoms. The fraction of sp³-hybridized carbons (Fsp3) is 0.538. The van der Waals surface area contributed by atoms with Crippen molar-refractivity contribution in [1.82, 2.24) is 14.6 Å². The van der Waals surface area contributed by atoms with Crippen molar-refractivity contribution in [2.24, 2.45) is 5.92 Å². The van der Waals surface area contributed by atoms with Crippen molar-refractivity contribution in [3.8, 4) is 0 Å². The third kappa shape index (κ3) is 2.26. The zero-order valence-corrected chi connectivity index (χ0v) is 10.9. The van der Waals surface area contributed by atoms with Crippen molar-refractivity contribution in [2.75, 3.05) is 0 Å². The first-order valence-corrected chi connectivity index (χ1v) is 6.49. The van der Waals surface area contributed by atoms with Crippen LogP contribution in [-0.4, -0.2) is 19.7 Å². The predicted octanol–water partition coefficient (Wildman–Crippen LogP) is 2.75. The van der Waals surface area contributed by atoms with E-state index in [1.165, 1.54) is 23.6 Å². The highest BCUT2D eigenvalue weighted by atomic mass is 19.4. The molecule has 1 unspecified atom stereocenters. The molecule has 1 aliphatic carbocycles. The zero-order chi connectivity index (χ0) is 14.5. The summed E-state index contributed by atoms with van der Waals surface area (Å²) in [4.78, 5) is 0. The average molecular weight is 285 g/mol. The molecule has 2 aromatic rings. The average Bonchev–Trinajstić information content (AvgIpc) is 3.07. The summed E-state index contributed by atoms with van der Waals surface area (Å²) in [6, 6.07) is 1.29. The second-order valence-corrected chi connectivity index (χ2v) is 5.28. The molecule has 0 aliphatic heterocycles. The third-order valence-corrected chi connectivity index (χ3v) is 3.58. The van der Waals surface area contributed by atoms with Gasteiger partial charge in [-0.15, -0.1) is 10.2 Å². The molecule has 2 aromatic heterocycles. The summed E-state index contributed by atoms with van der Waals surface area (Å²) in [5.41, 5.74) is -1.30. The van der Waals surface area contributed by atoms with Crippen LogP contribution in [0.25, 0.3) is 5.65 Å². The molecule has 2 heterocycles. The Kier molecular flexibility index (Phi) is 2.97. The monoisotopic (exact) mass is 285 g/mol. The number of pyridine rings is 1. The number of halogens is 3. The van der Waals surface area contributed by atoms with E-state index in [9.17, 15) is 18.3 Å². The Labute approximate surface area is 113 Å². The maximum atomic E-state index is 13.2. The largest absolute Gasteiger partial charge is 0.420 e. The first-order valence-electron chi connectivity index (χ1n) is 6.49. The van der Waals surface area contributed by atoms with Gasteiger partial charge in [0.15, 0.2) is 5.65 Å². The van der Waals surface area contributed by atoms with Gasteiger partial charge in [-0.25, -0.2) is 0 Å². The lowest BCUT2D eigenvalue weighted by molar-refractivity contribution is -0.138. The molecule has 7 heteroatoms. The standard InChI is InChI=1S/C13H14F3N3O/c1-7(20)9-4-5-19-10(6-8-2-3-8)17-18-12(19)11(9)13(14,15)16/h4-5,7-8,20H,2-3,6H2,1H3. The van der Waals surface area contributed by atoms with E-state index < -0.39 is 17.8 Å². The maximum absolute atomic E-state index is 13.2. The Balaban J connectivity index is 2.18.